The molecule has 0 amide bonds. The molecule has 1 heterocycles. The zero-order chi connectivity index (χ0) is 11.5. The summed E-state index contributed by atoms with van der Waals surface area (Å²) in [7, 11) is 1.98. The molecule has 0 aliphatic heterocycles. The van der Waals surface area contributed by atoms with Crippen LogP contribution in [0.25, 0.3) is 10.4 Å². The van der Waals surface area contributed by atoms with Crippen LogP contribution in [-0.4, -0.2) is 7.05 Å². The maximum Gasteiger partial charge on any atom is 0.0349 e. The van der Waals surface area contributed by atoms with Crippen molar-refractivity contribution in [1.82, 2.24) is 5.32 Å². The van der Waals surface area contributed by atoms with Crippen molar-refractivity contribution in [2.45, 2.75) is 13.5 Å². The van der Waals surface area contributed by atoms with Crippen LogP contribution >= 0.6 is 27.3 Å². The lowest BCUT2D eigenvalue weighted by Crippen LogP contribution is -2.02. The second-order valence-electron chi connectivity index (χ2n) is 3.76. The smallest absolute Gasteiger partial charge is 0.0349 e. The lowest BCUT2D eigenvalue weighted by molar-refractivity contribution is 0.831. The number of nitrogens with one attached hydrogen (secondary N) is 1. The predicted octanol–water partition coefficient (Wildman–Crippen LogP) is 4.21. The van der Waals surface area contributed by atoms with Gasteiger partial charge < -0.3 is 5.32 Å². The second-order valence-corrected chi connectivity index (χ2v) is 5.84. The van der Waals surface area contributed by atoms with Gasteiger partial charge in [-0.25, -0.2) is 0 Å². The van der Waals surface area contributed by atoms with Gasteiger partial charge in [-0.15, -0.1) is 11.3 Å². The van der Waals surface area contributed by atoms with Crippen molar-refractivity contribution >= 4 is 27.3 Å². The zero-order valence-corrected chi connectivity index (χ0v) is 11.8. The number of thiophene rings is 1. The monoisotopic (exact) mass is 295 g/mol. The molecule has 1 aromatic heterocycles. The molecule has 0 saturated carbocycles. The molecule has 0 spiro atoms. The summed E-state index contributed by atoms with van der Waals surface area (Å²) in [4.78, 5) is 2.71. The first-order valence-electron chi connectivity index (χ1n) is 5.20. The highest BCUT2D eigenvalue weighted by atomic mass is 79.9. The van der Waals surface area contributed by atoms with E-state index in [1.165, 1.54) is 20.9 Å². The van der Waals surface area contributed by atoms with Crippen molar-refractivity contribution in [2.24, 2.45) is 0 Å². The van der Waals surface area contributed by atoms with E-state index in [9.17, 15) is 0 Å². The number of rotatable bonds is 3. The molecule has 0 saturated heterocycles. The summed E-state index contributed by atoms with van der Waals surface area (Å²) in [6.07, 6.45) is 0. The highest BCUT2D eigenvalue weighted by molar-refractivity contribution is 9.10. The third kappa shape index (κ3) is 2.54. The minimum absolute atomic E-state index is 0.942. The van der Waals surface area contributed by atoms with E-state index in [4.69, 9.17) is 0 Å². The van der Waals surface area contributed by atoms with Gasteiger partial charge in [-0.1, -0.05) is 22.0 Å². The standard InChI is InChI=1S/C13H14BrNS/c1-9-3-4-10(14)7-12(9)13-6-5-11(16-13)8-15-2/h3-7,15H,8H2,1-2H3. The van der Waals surface area contributed by atoms with Crippen LogP contribution in [0.1, 0.15) is 10.4 Å². The fourth-order valence-electron chi connectivity index (χ4n) is 1.65. The fraction of sp³-hybridized carbons (Fsp3) is 0.231. The number of hydrogen-bond acceptors (Lipinski definition) is 2. The Balaban J connectivity index is 2.38. The summed E-state index contributed by atoms with van der Waals surface area (Å²) >= 11 is 5.37. The Morgan fingerprint density at radius 1 is 1.25 bits per heavy atom. The van der Waals surface area contributed by atoms with Gasteiger partial charge in [0, 0.05) is 20.8 Å². The maximum atomic E-state index is 3.52. The molecule has 0 fully saturated rings. The molecule has 0 radical (unpaired) electrons. The Morgan fingerprint density at radius 2 is 2.06 bits per heavy atom. The SMILES string of the molecule is CNCc1ccc(-c2cc(Br)ccc2C)s1. The normalized spacial score (nSPS) is 10.7. The van der Waals surface area contributed by atoms with Crippen LogP contribution in [0.2, 0.25) is 0 Å². The third-order valence-corrected chi connectivity index (χ3v) is 4.09. The van der Waals surface area contributed by atoms with E-state index in [0.717, 1.165) is 11.0 Å². The minimum Gasteiger partial charge on any atom is -0.315 e. The molecule has 2 rings (SSSR count). The number of benzene rings is 1. The molecule has 16 heavy (non-hydrogen) atoms. The molecule has 1 N–H and O–H groups in total. The van der Waals surface area contributed by atoms with Crippen molar-refractivity contribution in [3.63, 3.8) is 0 Å². The molecular formula is C13H14BrNS. The first-order valence-corrected chi connectivity index (χ1v) is 6.81. The molecule has 0 atom stereocenters. The van der Waals surface area contributed by atoms with Crippen LogP contribution < -0.4 is 5.32 Å². The Kier molecular flexibility index (Phi) is 3.79. The number of hydrogen-bond donors (Lipinski definition) is 1. The van der Waals surface area contributed by atoms with Crippen LogP contribution in [0, 0.1) is 6.92 Å². The lowest BCUT2D eigenvalue weighted by Gasteiger charge is -2.03. The molecule has 1 nitrogen and oxygen atoms in total. The van der Waals surface area contributed by atoms with Gasteiger partial charge >= 0.3 is 0 Å². The van der Waals surface area contributed by atoms with Gasteiger partial charge in [0.2, 0.25) is 0 Å². The highest BCUT2D eigenvalue weighted by Gasteiger charge is 2.05. The number of aryl methyl sites for hydroxylation is 1. The van der Waals surface area contributed by atoms with Crippen molar-refractivity contribution in [3.8, 4) is 10.4 Å². The molecule has 3 heteroatoms. The van der Waals surface area contributed by atoms with Crippen molar-refractivity contribution < 1.29 is 0 Å². The minimum atomic E-state index is 0.942. The summed E-state index contributed by atoms with van der Waals surface area (Å²) in [5, 5.41) is 3.18. The van der Waals surface area contributed by atoms with Crippen molar-refractivity contribution in [3.05, 3.63) is 45.2 Å². The van der Waals surface area contributed by atoms with Crippen molar-refractivity contribution in [2.75, 3.05) is 7.05 Å². The van der Waals surface area contributed by atoms with E-state index in [-0.39, 0.29) is 0 Å². The van der Waals surface area contributed by atoms with Crippen molar-refractivity contribution in [1.29, 1.82) is 0 Å². The van der Waals surface area contributed by atoms with Gasteiger partial charge in [-0.3, -0.25) is 0 Å². The summed E-state index contributed by atoms with van der Waals surface area (Å²) < 4.78 is 1.14. The van der Waals surface area contributed by atoms with E-state index >= 15 is 0 Å². The Morgan fingerprint density at radius 3 is 2.81 bits per heavy atom. The zero-order valence-electron chi connectivity index (χ0n) is 9.38. The van der Waals surface area contributed by atoms with Crippen LogP contribution in [0.3, 0.4) is 0 Å². The van der Waals surface area contributed by atoms with Gasteiger partial charge in [0.05, 0.1) is 0 Å². The van der Waals surface area contributed by atoms with Gasteiger partial charge in [0.15, 0.2) is 0 Å². The summed E-state index contributed by atoms with van der Waals surface area (Å²) in [5.41, 5.74) is 2.64. The summed E-state index contributed by atoms with van der Waals surface area (Å²) in [6, 6.07) is 10.8. The van der Waals surface area contributed by atoms with Crippen LogP contribution in [0.5, 0.6) is 0 Å². The number of halogens is 1. The molecule has 1 aromatic carbocycles. The van der Waals surface area contributed by atoms with Crippen LogP contribution in [0.15, 0.2) is 34.8 Å². The quantitative estimate of drug-likeness (QED) is 0.895. The highest BCUT2D eigenvalue weighted by Crippen LogP contribution is 2.32. The van der Waals surface area contributed by atoms with E-state index in [1.807, 2.05) is 18.4 Å². The predicted molar refractivity (Wildman–Crippen MR) is 75.0 cm³/mol. The van der Waals surface area contributed by atoms with Gasteiger partial charge in [-0.2, -0.15) is 0 Å². The Hall–Kier alpha value is -0.640. The maximum absolute atomic E-state index is 3.52. The van der Waals surface area contributed by atoms with E-state index < -0.39 is 0 Å². The molecule has 0 unspecified atom stereocenters. The second kappa shape index (κ2) is 5.13. The van der Waals surface area contributed by atoms with Crippen LogP contribution in [-0.2, 0) is 6.54 Å². The fourth-order valence-corrected chi connectivity index (χ4v) is 3.11. The average molecular weight is 296 g/mol. The molecular weight excluding hydrogens is 282 g/mol. The molecule has 0 aliphatic rings. The van der Waals surface area contributed by atoms with Gasteiger partial charge in [-0.05, 0) is 49.4 Å². The largest absolute Gasteiger partial charge is 0.315 e. The topological polar surface area (TPSA) is 12.0 Å². The molecule has 0 aliphatic carbocycles. The van der Waals surface area contributed by atoms with Crippen LogP contribution in [0.4, 0.5) is 0 Å². The van der Waals surface area contributed by atoms with Gasteiger partial charge in [0.25, 0.3) is 0 Å². The van der Waals surface area contributed by atoms with Gasteiger partial charge in [0.1, 0.15) is 0 Å². The Labute approximate surface area is 109 Å². The van der Waals surface area contributed by atoms with E-state index in [0.29, 0.717) is 0 Å². The summed E-state index contributed by atoms with van der Waals surface area (Å²) in [6.45, 7) is 3.09. The first kappa shape index (κ1) is 11.8. The Bertz CT molecular complexity index is 490. The molecule has 0 bridgehead atoms. The summed E-state index contributed by atoms with van der Waals surface area (Å²) in [5.74, 6) is 0. The first-order chi connectivity index (χ1) is 7.70. The van der Waals surface area contributed by atoms with E-state index in [2.05, 4.69) is 58.5 Å². The third-order valence-electron chi connectivity index (χ3n) is 2.48. The van der Waals surface area contributed by atoms with E-state index in [1.54, 1.807) is 0 Å². The average Bonchev–Trinajstić information content (AvgIpc) is 2.71. The molecule has 84 valence electrons. The molecule has 2 aromatic rings. The lowest BCUT2D eigenvalue weighted by atomic mass is 10.1.